The maximum Gasteiger partial charge on any atom is 0.160 e. The number of anilines is 6. The summed E-state index contributed by atoms with van der Waals surface area (Å²) in [6.07, 6.45) is 0. The zero-order chi connectivity index (χ0) is 47.4. The number of fused-ring (bicyclic) bond motifs is 11. The first-order valence-corrected chi connectivity index (χ1v) is 24.3. The fraction of sp³-hybridized carbons (Fsp3) is 0.169. The van der Waals surface area contributed by atoms with Crippen molar-refractivity contribution in [2.24, 2.45) is 0 Å². The molecule has 1 aliphatic carbocycles. The van der Waals surface area contributed by atoms with Crippen LogP contribution in [0.15, 0.2) is 203 Å². The van der Waals surface area contributed by atoms with Crippen LogP contribution in [0.1, 0.15) is 77.6 Å². The van der Waals surface area contributed by atoms with E-state index in [9.17, 15) is 0 Å². The molecule has 2 aromatic heterocycles. The average molecular weight is 897 g/mol. The van der Waals surface area contributed by atoms with Crippen LogP contribution in [0.3, 0.4) is 0 Å². The van der Waals surface area contributed by atoms with Gasteiger partial charge in [-0.1, -0.05) is 171 Å². The second-order valence-electron chi connectivity index (χ2n) is 21.4. The topological polar surface area (TPSA) is 32.8 Å². The fourth-order valence-corrected chi connectivity index (χ4v) is 10.8. The van der Waals surface area contributed by atoms with Gasteiger partial charge in [-0.2, -0.15) is 0 Å². The van der Waals surface area contributed by atoms with Crippen LogP contribution in [0.2, 0.25) is 0 Å². The van der Waals surface area contributed by atoms with Gasteiger partial charge in [-0.3, -0.25) is 0 Å². The van der Waals surface area contributed by atoms with Gasteiger partial charge in [0.2, 0.25) is 0 Å². The van der Waals surface area contributed by atoms with Crippen molar-refractivity contribution in [1.29, 1.82) is 0 Å². The van der Waals surface area contributed by atoms with E-state index in [1.54, 1.807) is 0 Å². The second kappa shape index (κ2) is 15.6. The highest BCUT2D eigenvalue weighted by molar-refractivity contribution is 6.26. The first-order valence-electron chi connectivity index (χ1n) is 24.3. The Morgan fingerprint density at radius 2 is 0.783 bits per heavy atom. The lowest BCUT2D eigenvalue weighted by atomic mass is 9.81. The number of para-hydroxylation sites is 3. The van der Waals surface area contributed by atoms with Gasteiger partial charge in [0.15, 0.2) is 11.2 Å². The summed E-state index contributed by atoms with van der Waals surface area (Å²) >= 11 is 0. The maximum absolute atomic E-state index is 7.37. The van der Waals surface area contributed by atoms with Crippen LogP contribution in [0, 0.1) is 0 Å². The zero-order valence-electron chi connectivity index (χ0n) is 40.7. The minimum atomic E-state index is -0.459. The third-order valence-electron chi connectivity index (χ3n) is 14.5. The van der Waals surface area contributed by atoms with Crippen molar-refractivity contribution in [2.75, 3.05) is 9.80 Å². The Morgan fingerprint density at radius 1 is 0.377 bits per heavy atom. The van der Waals surface area contributed by atoms with E-state index in [1.807, 2.05) is 0 Å². The standard InChI is InChI=1S/C65H56N2O2/c1-63(2,3)43-29-33-47(34-30-43)66(45-22-14-10-15-23-45)53-39-51-59(57-49-26-18-19-27-55(49)68-61(53)57)60-52(65(51,7)8)40-54(62-58(60)50-37-28-42(38-56(50)69-62)41-20-12-9-13-21-41)67(46-24-16-11-17-25-46)48-35-31-44(32-36-48)64(4,5)6/h9-40H,1-8H3. The lowest BCUT2D eigenvalue weighted by Gasteiger charge is -2.30. The molecule has 4 nitrogen and oxygen atoms in total. The van der Waals surface area contributed by atoms with Crippen LogP contribution in [-0.4, -0.2) is 0 Å². The third kappa shape index (κ3) is 6.87. The minimum absolute atomic E-state index is 0.00928. The van der Waals surface area contributed by atoms with E-state index < -0.39 is 5.41 Å². The van der Waals surface area contributed by atoms with Gasteiger partial charge in [0.1, 0.15) is 11.2 Å². The quantitative estimate of drug-likeness (QED) is 0.160. The molecule has 12 rings (SSSR count). The van der Waals surface area contributed by atoms with E-state index in [2.05, 4.69) is 259 Å². The summed E-state index contributed by atoms with van der Waals surface area (Å²) < 4.78 is 14.6. The summed E-state index contributed by atoms with van der Waals surface area (Å²) in [5.74, 6) is 0. The molecule has 0 aliphatic heterocycles. The summed E-state index contributed by atoms with van der Waals surface area (Å²) in [6, 6.07) is 70.4. The molecule has 0 bridgehead atoms. The van der Waals surface area contributed by atoms with E-state index in [0.29, 0.717) is 0 Å². The van der Waals surface area contributed by atoms with Crippen LogP contribution in [0.4, 0.5) is 34.1 Å². The summed E-state index contributed by atoms with van der Waals surface area (Å²) in [5, 5.41) is 4.39. The summed E-state index contributed by atoms with van der Waals surface area (Å²) in [6.45, 7) is 18.4. The number of furan rings is 2. The Balaban J connectivity index is 1.20. The van der Waals surface area contributed by atoms with Crippen molar-refractivity contribution in [3.8, 4) is 22.3 Å². The Labute approximate surface area is 405 Å². The van der Waals surface area contributed by atoms with Gasteiger partial charge in [-0.15, -0.1) is 0 Å². The van der Waals surface area contributed by atoms with Crippen molar-refractivity contribution in [3.63, 3.8) is 0 Å². The monoisotopic (exact) mass is 896 g/mol. The molecule has 338 valence electrons. The molecule has 0 fully saturated rings. The summed E-state index contributed by atoms with van der Waals surface area (Å²) in [7, 11) is 0. The Hall–Kier alpha value is -7.82. The first-order chi connectivity index (χ1) is 33.3. The zero-order valence-corrected chi connectivity index (χ0v) is 40.7. The van der Waals surface area contributed by atoms with E-state index in [0.717, 1.165) is 89.1 Å². The van der Waals surface area contributed by atoms with Gasteiger partial charge in [0, 0.05) is 49.7 Å². The molecule has 11 aromatic rings. The molecular formula is C65H56N2O2. The molecule has 0 amide bonds. The number of benzene rings is 9. The third-order valence-corrected chi connectivity index (χ3v) is 14.5. The van der Waals surface area contributed by atoms with Gasteiger partial charge in [-0.25, -0.2) is 0 Å². The van der Waals surface area contributed by atoms with Gasteiger partial charge < -0.3 is 18.6 Å². The van der Waals surface area contributed by atoms with E-state index >= 15 is 0 Å². The molecule has 0 saturated carbocycles. The Morgan fingerprint density at radius 3 is 1.26 bits per heavy atom. The predicted octanol–water partition coefficient (Wildman–Crippen LogP) is 19.0. The van der Waals surface area contributed by atoms with Crippen molar-refractivity contribution in [2.45, 2.75) is 71.6 Å². The molecule has 0 spiro atoms. The van der Waals surface area contributed by atoms with E-state index in [1.165, 1.54) is 33.4 Å². The highest BCUT2D eigenvalue weighted by Gasteiger charge is 2.43. The molecule has 69 heavy (non-hydrogen) atoms. The van der Waals surface area contributed by atoms with Gasteiger partial charge >= 0.3 is 0 Å². The van der Waals surface area contributed by atoms with Crippen LogP contribution in [0.25, 0.3) is 66.1 Å². The number of rotatable bonds is 7. The van der Waals surface area contributed by atoms with Crippen molar-refractivity contribution in [3.05, 3.63) is 216 Å². The van der Waals surface area contributed by atoms with E-state index in [4.69, 9.17) is 8.83 Å². The fourth-order valence-electron chi connectivity index (χ4n) is 10.8. The van der Waals surface area contributed by atoms with Gasteiger partial charge in [-0.05, 0) is 134 Å². The van der Waals surface area contributed by atoms with Crippen LogP contribution >= 0.6 is 0 Å². The van der Waals surface area contributed by atoms with Gasteiger partial charge in [0.05, 0.1) is 11.4 Å². The average Bonchev–Trinajstić information content (AvgIpc) is 4.00. The lowest BCUT2D eigenvalue weighted by molar-refractivity contribution is 0.590. The van der Waals surface area contributed by atoms with Crippen LogP contribution in [-0.2, 0) is 16.2 Å². The molecule has 4 heteroatoms. The van der Waals surface area contributed by atoms with Crippen molar-refractivity contribution >= 4 is 78.0 Å². The molecule has 2 heterocycles. The van der Waals surface area contributed by atoms with E-state index in [-0.39, 0.29) is 10.8 Å². The predicted molar refractivity (Wildman–Crippen MR) is 291 cm³/mol. The summed E-state index contributed by atoms with van der Waals surface area (Å²) in [4.78, 5) is 4.77. The molecule has 0 radical (unpaired) electrons. The minimum Gasteiger partial charge on any atom is -0.454 e. The SMILES string of the molecule is CC(C)(C)c1ccc(N(c2ccccc2)c2cc3c(c4c2oc2ccccc24)-c2c(cc(N(c4ccccc4)c4ccc(C(C)(C)C)cc4)c4oc5cc(-c6ccccc6)ccc5c24)C3(C)C)cc1. The highest BCUT2D eigenvalue weighted by atomic mass is 16.3. The summed E-state index contributed by atoms with van der Waals surface area (Å²) in [5.41, 5.74) is 18.9. The van der Waals surface area contributed by atoms with Crippen molar-refractivity contribution in [1.82, 2.24) is 0 Å². The Kier molecular flexibility index (Phi) is 9.62. The molecular weight excluding hydrogens is 841 g/mol. The molecule has 0 N–H and O–H groups in total. The van der Waals surface area contributed by atoms with Crippen molar-refractivity contribution < 1.29 is 8.83 Å². The van der Waals surface area contributed by atoms with Gasteiger partial charge in [0.25, 0.3) is 0 Å². The molecule has 0 atom stereocenters. The normalized spacial score (nSPS) is 13.3. The second-order valence-corrected chi connectivity index (χ2v) is 21.4. The molecule has 0 unspecified atom stereocenters. The smallest absolute Gasteiger partial charge is 0.160 e. The first kappa shape index (κ1) is 42.5. The largest absolute Gasteiger partial charge is 0.454 e. The number of hydrogen-bond donors (Lipinski definition) is 0. The Bertz CT molecular complexity index is 3740. The maximum atomic E-state index is 7.37. The van der Waals surface area contributed by atoms with Crippen LogP contribution in [0.5, 0.6) is 0 Å². The number of nitrogens with zero attached hydrogens (tertiary/aromatic N) is 2. The van der Waals surface area contributed by atoms with Crippen LogP contribution < -0.4 is 9.80 Å². The molecule has 1 aliphatic rings. The highest BCUT2D eigenvalue weighted by Crippen LogP contribution is 2.61. The molecule has 9 aromatic carbocycles. The lowest BCUT2D eigenvalue weighted by Crippen LogP contribution is -2.18. The number of hydrogen-bond acceptors (Lipinski definition) is 4. The molecule has 0 saturated heterocycles.